The van der Waals surface area contributed by atoms with Gasteiger partial charge in [0.25, 0.3) is 0 Å². The van der Waals surface area contributed by atoms with E-state index >= 15 is 0 Å². The number of hydrogen-bond donors (Lipinski definition) is 1. The lowest BCUT2D eigenvalue weighted by Crippen LogP contribution is -2.16. The maximum absolute atomic E-state index is 12.1. The first-order valence-corrected chi connectivity index (χ1v) is 6.43. The first-order valence-electron chi connectivity index (χ1n) is 6.05. The van der Waals surface area contributed by atoms with Crippen LogP contribution in [0.5, 0.6) is 5.75 Å². The minimum Gasteiger partial charge on any atom is -0.406 e. The Hall–Kier alpha value is -2.14. The van der Waals surface area contributed by atoms with E-state index in [1.54, 1.807) is 18.2 Å². The molecule has 0 amide bonds. The molecule has 0 saturated carbocycles. The molecule has 0 aliphatic carbocycles. The van der Waals surface area contributed by atoms with Gasteiger partial charge >= 0.3 is 6.36 Å². The molecule has 0 aliphatic rings. The summed E-state index contributed by atoms with van der Waals surface area (Å²) in [6.07, 6.45) is -4.68. The molecule has 0 unspecified atom stereocenters. The topological polar surface area (TPSA) is 25.0 Å². The van der Waals surface area contributed by atoms with Gasteiger partial charge < -0.3 is 9.72 Å². The van der Waals surface area contributed by atoms with E-state index in [0.717, 1.165) is 22.2 Å². The van der Waals surface area contributed by atoms with E-state index in [1.807, 2.05) is 18.2 Å². The highest BCUT2D eigenvalue weighted by Crippen LogP contribution is 2.29. The molecule has 3 rings (SSSR count). The molecule has 0 fully saturated rings. The molecular weight excluding hydrogens is 303 g/mol. The van der Waals surface area contributed by atoms with E-state index in [4.69, 9.17) is 11.6 Å². The second-order valence-electron chi connectivity index (χ2n) is 4.49. The van der Waals surface area contributed by atoms with Gasteiger partial charge in [-0.2, -0.15) is 0 Å². The average molecular weight is 312 g/mol. The van der Waals surface area contributed by atoms with Gasteiger partial charge in [0.15, 0.2) is 0 Å². The third-order valence-corrected chi connectivity index (χ3v) is 3.22. The Kier molecular flexibility index (Phi) is 3.29. The van der Waals surface area contributed by atoms with Crippen molar-refractivity contribution in [3.8, 4) is 17.0 Å². The van der Waals surface area contributed by atoms with Crippen molar-refractivity contribution in [2.45, 2.75) is 6.36 Å². The quantitative estimate of drug-likeness (QED) is 0.674. The van der Waals surface area contributed by atoms with E-state index in [1.165, 1.54) is 12.1 Å². The van der Waals surface area contributed by atoms with Crippen molar-refractivity contribution in [1.82, 2.24) is 4.98 Å². The molecule has 108 valence electrons. The van der Waals surface area contributed by atoms with Crippen LogP contribution >= 0.6 is 11.6 Å². The van der Waals surface area contributed by atoms with Crippen LogP contribution in [0, 0.1) is 0 Å². The Bertz CT molecular complexity index is 778. The van der Waals surface area contributed by atoms with Gasteiger partial charge in [0.1, 0.15) is 5.75 Å². The minimum atomic E-state index is -4.68. The molecule has 1 N–H and O–H groups in total. The summed E-state index contributed by atoms with van der Waals surface area (Å²) in [6.45, 7) is 0. The van der Waals surface area contributed by atoms with Crippen molar-refractivity contribution in [2.24, 2.45) is 0 Å². The van der Waals surface area contributed by atoms with Crippen molar-refractivity contribution in [2.75, 3.05) is 0 Å². The fraction of sp³-hybridized carbons (Fsp3) is 0.0667. The van der Waals surface area contributed by atoms with Gasteiger partial charge in [-0.3, -0.25) is 0 Å². The first kappa shape index (κ1) is 13.8. The number of alkyl halides is 3. The summed E-state index contributed by atoms with van der Waals surface area (Å²) in [5, 5.41) is 1.56. The monoisotopic (exact) mass is 311 g/mol. The standard InChI is InChI=1S/C15H9ClF3NO/c16-11-3-6-13-10(7-11)8-14(20-13)9-1-4-12(5-2-9)21-15(17,18)19/h1-8,20H. The van der Waals surface area contributed by atoms with Crippen LogP contribution in [-0.4, -0.2) is 11.3 Å². The predicted octanol–water partition coefficient (Wildman–Crippen LogP) is 5.39. The van der Waals surface area contributed by atoms with Crippen LogP contribution in [0.1, 0.15) is 0 Å². The first-order chi connectivity index (χ1) is 9.90. The molecule has 1 aromatic heterocycles. The van der Waals surface area contributed by atoms with Gasteiger partial charge in [-0.25, -0.2) is 0 Å². The fourth-order valence-corrected chi connectivity index (χ4v) is 2.28. The van der Waals surface area contributed by atoms with Gasteiger partial charge in [-0.05, 0) is 54.1 Å². The zero-order valence-corrected chi connectivity index (χ0v) is 11.3. The number of nitrogens with one attached hydrogen (secondary N) is 1. The van der Waals surface area contributed by atoms with Crippen molar-refractivity contribution < 1.29 is 17.9 Å². The molecule has 2 nitrogen and oxygen atoms in total. The SMILES string of the molecule is FC(F)(F)Oc1ccc(-c2cc3cc(Cl)ccc3[nH]2)cc1. The molecule has 0 radical (unpaired) electrons. The van der Waals surface area contributed by atoms with Crippen LogP contribution in [-0.2, 0) is 0 Å². The van der Waals surface area contributed by atoms with Gasteiger partial charge in [0, 0.05) is 21.6 Å². The van der Waals surface area contributed by atoms with Crippen molar-refractivity contribution in [3.63, 3.8) is 0 Å². The third kappa shape index (κ3) is 3.13. The summed E-state index contributed by atoms with van der Waals surface area (Å²) in [5.41, 5.74) is 2.47. The second-order valence-corrected chi connectivity index (χ2v) is 4.92. The number of fused-ring (bicyclic) bond motifs is 1. The van der Waals surface area contributed by atoms with Crippen LogP contribution in [0.15, 0.2) is 48.5 Å². The molecule has 0 spiro atoms. The molecule has 0 saturated heterocycles. The fourth-order valence-electron chi connectivity index (χ4n) is 2.10. The summed E-state index contributed by atoms with van der Waals surface area (Å²) in [5.74, 6) is -0.245. The van der Waals surface area contributed by atoms with Crippen LogP contribution in [0.4, 0.5) is 13.2 Å². The van der Waals surface area contributed by atoms with E-state index in [9.17, 15) is 13.2 Å². The van der Waals surface area contributed by atoms with Gasteiger partial charge in [0.2, 0.25) is 0 Å². The minimum absolute atomic E-state index is 0.245. The van der Waals surface area contributed by atoms with Crippen LogP contribution in [0.2, 0.25) is 5.02 Å². The number of halogens is 4. The summed E-state index contributed by atoms with van der Waals surface area (Å²) in [7, 11) is 0. The Balaban J connectivity index is 1.91. The maximum atomic E-state index is 12.1. The molecule has 21 heavy (non-hydrogen) atoms. The summed E-state index contributed by atoms with van der Waals surface area (Å²) < 4.78 is 40.1. The van der Waals surface area contributed by atoms with E-state index in [0.29, 0.717) is 5.02 Å². The van der Waals surface area contributed by atoms with Crippen LogP contribution in [0.25, 0.3) is 22.2 Å². The van der Waals surface area contributed by atoms with Crippen molar-refractivity contribution >= 4 is 22.5 Å². The molecule has 1 heterocycles. The largest absolute Gasteiger partial charge is 0.573 e. The van der Waals surface area contributed by atoms with Crippen molar-refractivity contribution in [1.29, 1.82) is 0 Å². The zero-order chi connectivity index (χ0) is 15.0. The molecule has 0 atom stereocenters. The number of benzene rings is 2. The number of H-pyrrole nitrogens is 1. The maximum Gasteiger partial charge on any atom is 0.573 e. The number of ether oxygens (including phenoxy) is 1. The summed E-state index contributed by atoms with van der Waals surface area (Å²) in [6, 6.07) is 13.0. The summed E-state index contributed by atoms with van der Waals surface area (Å²) >= 11 is 5.92. The highest BCUT2D eigenvalue weighted by Gasteiger charge is 2.30. The zero-order valence-electron chi connectivity index (χ0n) is 10.5. The highest BCUT2D eigenvalue weighted by atomic mass is 35.5. The number of rotatable bonds is 2. The van der Waals surface area contributed by atoms with Crippen molar-refractivity contribution in [3.05, 3.63) is 53.6 Å². The number of hydrogen-bond acceptors (Lipinski definition) is 1. The predicted molar refractivity (Wildman–Crippen MR) is 75.4 cm³/mol. The van der Waals surface area contributed by atoms with E-state index in [-0.39, 0.29) is 5.75 Å². The van der Waals surface area contributed by atoms with Gasteiger partial charge in [0.05, 0.1) is 0 Å². The molecule has 3 aromatic rings. The lowest BCUT2D eigenvalue weighted by molar-refractivity contribution is -0.274. The van der Waals surface area contributed by atoms with E-state index < -0.39 is 6.36 Å². The Morgan fingerprint density at radius 2 is 1.67 bits per heavy atom. The Labute approximate surface area is 123 Å². The molecule has 6 heteroatoms. The summed E-state index contributed by atoms with van der Waals surface area (Å²) in [4.78, 5) is 3.19. The van der Waals surface area contributed by atoms with Crippen LogP contribution < -0.4 is 4.74 Å². The van der Waals surface area contributed by atoms with Gasteiger partial charge in [-0.1, -0.05) is 11.6 Å². The molecule has 2 aromatic carbocycles. The molecule has 0 aliphatic heterocycles. The second kappa shape index (κ2) is 5.00. The number of aromatic nitrogens is 1. The smallest absolute Gasteiger partial charge is 0.406 e. The van der Waals surface area contributed by atoms with Gasteiger partial charge in [-0.15, -0.1) is 13.2 Å². The number of aromatic amines is 1. The molecular formula is C15H9ClF3NO. The van der Waals surface area contributed by atoms with Crippen LogP contribution in [0.3, 0.4) is 0 Å². The molecule has 0 bridgehead atoms. The highest BCUT2D eigenvalue weighted by molar-refractivity contribution is 6.31. The average Bonchev–Trinajstić information content (AvgIpc) is 2.80. The lowest BCUT2D eigenvalue weighted by Gasteiger charge is -2.08. The Morgan fingerprint density at radius 3 is 2.33 bits per heavy atom. The van der Waals surface area contributed by atoms with E-state index in [2.05, 4.69) is 9.72 Å². The Morgan fingerprint density at radius 1 is 0.952 bits per heavy atom. The lowest BCUT2D eigenvalue weighted by atomic mass is 10.1. The third-order valence-electron chi connectivity index (χ3n) is 2.98. The normalized spacial score (nSPS) is 11.8.